The molecular formula is H7AlMnO2. The summed E-state index contributed by atoms with van der Waals surface area (Å²) in [4.78, 5) is 0. The largest absolute Gasteiger partial charge is 0.412 e. The van der Waals surface area contributed by atoms with Crippen molar-refractivity contribution >= 4 is 17.4 Å². The van der Waals surface area contributed by atoms with Crippen molar-refractivity contribution in [2.45, 2.75) is 0 Å². The molecule has 4 heavy (non-hydrogen) atoms. The van der Waals surface area contributed by atoms with Gasteiger partial charge in [-0.1, -0.05) is 0 Å². The van der Waals surface area contributed by atoms with Crippen LogP contribution in [0.3, 0.4) is 0 Å². The molecule has 0 saturated carbocycles. The first-order valence-corrected chi connectivity index (χ1v) is 0. The Hall–Kier alpha value is 0.972. The van der Waals surface area contributed by atoms with Gasteiger partial charge in [-0.15, -0.1) is 0 Å². The Kier molecular flexibility index (Phi) is 771. The van der Waals surface area contributed by atoms with E-state index in [1.165, 1.54) is 0 Å². The fourth-order valence-corrected chi connectivity index (χ4v) is 0. The molecular weight excluding hydrogens is 114 g/mol. The molecule has 0 aliphatic rings. The number of hydrogen-bond donors (Lipinski definition) is 0. The van der Waals surface area contributed by atoms with E-state index in [4.69, 9.17) is 0 Å². The molecule has 0 fully saturated rings. The maximum absolute atomic E-state index is 0. The fraction of sp³-hybridized carbons (Fsp3) is 0. The Morgan fingerprint density at radius 1 is 0.750 bits per heavy atom. The molecule has 0 unspecified atom stereocenters. The monoisotopic (exact) mass is 121 g/mol. The summed E-state index contributed by atoms with van der Waals surface area (Å²) in [6.07, 6.45) is 0. The normalized spacial score (nSPS) is 0. The van der Waals surface area contributed by atoms with E-state index < -0.39 is 0 Å². The van der Waals surface area contributed by atoms with Crippen molar-refractivity contribution in [3.8, 4) is 0 Å². The maximum atomic E-state index is 0. The Balaban J connectivity index is 0. The molecule has 0 aromatic carbocycles. The Bertz CT molecular complexity index is 6.00. The van der Waals surface area contributed by atoms with Gasteiger partial charge in [0.2, 0.25) is 0 Å². The van der Waals surface area contributed by atoms with Crippen molar-refractivity contribution in [2.75, 3.05) is 0 Å². The standard InChI is InChI=1S/Al.Mn.2H2O.3H/h;;2*1H2;;;. The van der Waals surface area contributed by atoms with Crippen LogP contribution in [0, 0.1) is 0 Å². The summed E-state index contributed by atoms with van der Waals surface area (Å²) < 4.78 is 0. The molecule has 0 aliphatic carbocycles. The minimum absolute atomic E-state index is 0. The molecule has 0 aliphatic heterocycles. The molecule has 29 valence electrons. The topological polar surface area (TPSA) is 63.0 Å². The van der Waals surface area contributed by atoms with Crippen LogP contribution >= 0.6 is 0 Å². The van der Waals surface area contributed by atoms with Crippen LogP contribution in [0.1, 0.15) is 0 Å². The second-order valence-corrected chi connectivity index (χ2v) is 0. The van der Waals surface area contributed by atoms with Crippen molar-refractivity contribution in [1.82, 2.24) is 0 Å². The van der Waals surface area contributed by atoms with Crippen molar-refractivity contribution in [2.24, 2.45) is 0 Å². The summed E-state index contributed by atoms with van der Waals surface area (Å²) in [5.41, 5.74) is 0. The first kappa shape index (κ1) is 83.0. The number of rotatable bonds is 0. The molecule has 4 N–H and O–H groups in total. The zero-order chi connectivity index (χ0) is 0. The quantitative estimate of drug-likeness (QED) is 0.310. The molecule has 0 bridgehead atoms. The first-order valence-electron chi connectivity index (χ1n) is 0. The Labute approximate surface area is 45.8 Å². The Morgan fingerprint density at radius 2 is 0.750 bits per heavy atom. The molecule has 4 heteroatoms. The van der Waals surface area contributed by atoms with Crippen LogP contribution in [0.25, 0.3) is 0 Å². The first-order chi connectivity index (χ1) is 0. The molecule has 0 aromatic heterocycles. The third-order valence-corrected chi connectivity index (χ3v) is 0. The van der Waals surface area contributed by atoms with Gasteiger partial charge in [-0.2, -0.15) is 0 Å². The predicted octanol–water partition coefficient (Wildman–Crippen LogP) is -2.84. The third kappa shape index (κ3) is 12.2. The third-order valence-electron chi connectivity index (χ3n) is 0. The summed E-state index contributed by atoms with van der Waals surface area (Å²) in [5.74, 6) is 0. The zero-order valence-corrected chi connectivity index (χ0v) is 2.56. The number of hydrogen-bond acceptors (Lipinski definition) is 0. The van der Waals surface area contributed by atoms with Crippen LogP contribution in [-0.2, 0) is 17.1 Å². The summed E-state index contributed by atoms with van der Waals surface area (Å²) >= 11 is 0. The van der Waals surface area contributed by atoms with E-state index in [-0.39, 0.29) is 45.4 Å². The molecule has 0 heterocycles. The van der Waals surface area contributed by atoms with Crippen LogP contribution in [0.15, 0.2) is 0 Å². The minimum atomic E-state index is 0. The van der Waals surface area contributed by atoms with Crippen LogP contribution in [-0.4, -0.2) is 28.3 Å². The van der Waals surface area contributed by atoms with Crippen molar-refractivity contribution in [3.05, 3.63) is 0 Å². The van der Waals surface area contributed by atoms with E-state index in [1.54, 1.807) is 0 Å². The summed E-state index contributed by atoms with van der Waals surface area (Å²) in [6, 6.07) is 0. The van der Waals surface area contributed by atoms with E-state index in [2.05, 4.69) is 0 Å². The SMILES string of the molecule is O.O.[AlH3].[Mn]. The minimum Gasteiger partial charge on any atom is -0.412 e. The summed E-state index contributed by atoms with van der Waals surface area (Å²) in [6.45, 7) is 0. The molecule has 0 aromatic rings. The van der Waals surface area contributed by atoms with Crippen molar-refractivity contribution in [1.29, 1.82) is 0 Å². The summed E-state index contributed by atoms with van der Waals surface area (Å²) in [7, 11) is 0. The van der Waals surface area contributed by atoms with E-state index in [0.717, 1.165) is 0 Å². The van der Waals surface area contributed by atoms with Gasteiger partial charge < -0.3 is 11.0 Å². The van der Waals surface area contributed by atoms with Crippen LogP contribution in [0.2, 0.25) is 0 Å². The van der Waals surface area contributed by atoms with Gasteiger partial charge in [0.15, 0.2) is 17.4 Å². The molecule has 0 atom stereocenters. The second-order valence-electron chi connectivity index (χ2n) is 0. The molecule has 0 spiro atoms. The second kappa shape index (κ2) is 37.1. The summed E-state index contributed by atoms with van der Waals surface area (Å²) in [5, 5.41) is 0. The van der Waals surface area contributed by atoms with E-state index in [0.29, 0.717) is 0 Å². The average Bonchev–Trinajstić information content (AvgIpc) is 0. The van der Waals surface area contributed by atoms with Gasteiger partial charge in [0.1, 0.15) is 0 Å². The molecule has 0 rings (SSSR count). The van der Waals surface area contributed by atoms with E-state index in [9.17, 15) is 0 Å². The average molecular weight is 121 g/mol. The molecule has 1 radical (unpaired) electrons. The predicted molar refractivity (Wildman–Crippen MR) is 17.2 cm³/mol. The van der Waals surface area contributed by atoms with Gasteiger partial charge in [0, 0.05) is 17.1 Å². The van der Waals surface area contributed by atoms with Gasteiger partial charge >= 0.3 is 0 Å². The van der Waals surface area contributed by atoms with Crippen LogP contribution < -0.4 is 0 Å². The van der Waals surface area contributed by atoms with Crippen molar-refractivity contribution < 1.29 is 28.0 Å². The van der Waals surface area contributed by atoms with Crippen LogP contribution in [0.5, 0.6) is 0 Å². The van der Waals surface area contributed by atoms with Gasteiger partial charge in [-0.05, 0) is 0 Å². The zero-order valence-electron chi connectivity index (χ0n) is 1.38. The molecule has 0 saturated heterocycles. The van der Waals surface area contributed by atoms with Crippen LogP contribution in [0.4, 0.5) is 0 Å². The molecule has 0 amide bonds. The van der Waals surface area contributed by atoms with Gasteiger partial charge in [0.25, 0.3) is 0 Å². The van der Waals surface area contributed by atoms with Gasteiger partial charge in [-0.25, -0.2) is 0 Å². The van der Waals surface area contributed by atoms with Crippen molar-refractivity contribution in [3.63, 3.8) is 0 Å². The van der Waals surface area contributed by atoms with E-state index in [1.807, 2.05) is 0 Å². The van der Waals surface area contributed by atoms with Gasteiger partial charge in [0.05, 0.1) is 0 Å². The fourth-order valence-electron chi connectivity index (χ4n) is 0. The Morgan fingerprint density at radius 3 is 0.750 bits per heavy atom. The van der Waals surface area contributed by atoms with E-state index >= 15 is 0 Å². The maximum Gasteiger partial charge on any atom is 0.187 e. The smallest absolute Gasteiger partial charge is 0.187 e. The molecule has 2 nitrogen and oxygen atoms in total. The van der Waals surface area contributed by atoms with Gasteiger partial charge in [-0.3, -0.25) is 0 Å².